The zero-order chi connectivity index (χ0) is 18.9. The van der Waals surface area contributed by atoms with E-state index >= 15 is 0 Å². The van der Waals surface area contributed by atoms with Gasteiger partial charge in [0.15, 0.2) is 0 Å². The van der Waals surface area contributed by atoms with E-state index in [0.29, 0.717) is 12.0 Å². The zero-order valence-corrected chi connectivity index (χ0v) is 14.8. The number of amides is 3. The van der Waals surface area contributed by atoms with Gasteiger partial charge in [-0.25, -0.2) is 4.79 Å². The summed E-state index contributed by atoms with van der Waals surface area (Å²) in [5.74, 6) is -1.71. The van der Waals surface area contributed by atoms with Crippen LogP contribution in [0.3, 0.4) is 0 Å². The summed E-state index contributed by atoms with van der Waals surface area (Å²) in [6.45, 7) is 1.88. The number of carbonyl (C=O) groups excluding carboxylic acids is 3. The van der Waals surface area contributed by atoms with Crippen molar-refractivity contribution < 1.29 is 19.1 Å². The summed E-state index contributed by atoms with van der Waals surface area (Å²) in [6, 6.07) is 17.2. The minimum atomic E-state index is -1.21. The third-order valence-corrected chi connectivity index (χ3v) is 3.93. The second-order valence-electron chi connectivity index (χ2n) is 5.67. The summed E-state index contributed by atoms with van der Waals surface area (Å²) in [5, 5.41) is 4.47. The van der Waals surface area contributed by atoms with Crippen molar-refractivity contribution in [2.24, 2.45) is 0 Å². The van der Waals surface area contributed by atoms with E-state index < -0.39 is 29.9 Å². The molecule has 0 aliphatic carbocycles. The molecule has 0 saturated carbocycles. The number of rotatable bonds is 6. The van der Waals surface area contributed by atoms with E-state index in [4.69, 9.17) is 4.74 Å². The Morgan fingerprint density at radius 3 is 1.96 bits per heavy atom. The minimum absolute atomic E-state index is 0.491. The number of hydrogen-bond acceptors (Lipinski definition) is 4. The molecule has 2 N–H and O–H groups in total. The van der Waals surface area contributed by atoms with E-state index in [-0.39, 0.29) is 0 Å². The standard InChI is InChI=1S/C20H22N2O4/c1-3-16(14-10-6-4-7-11-14)19(24)26-17(15-12-8-5-9-13-15)18(23)22-20(25)21-2/h4-13,16-17H,3H2,1-2H3,(H2,21,22,23,25)/t16-,17+/m0/s1. The van der Waals surface area contributed by atoms with Gasteiger partial charge in [-0.05, 0) is 12.0 Å². The molecule has 0 heterocycles. The quantitative estimate of drug-likeness (QED) is 0.781. The van der Waals surface area contributed by atoms with Gasteiger partial charge in [-0.1, -0.05) is 67.6 Å². The third kappa shape index (κ3) is 4.92. The van der Waals surface area contributed by atoms with E-state index in [2.05, 4.69) is 10.6 Å². The molecule has 2 atom stereocenters. The van der Waals surface area contributed by atoms with Gasteiger partial charge in [0.05, 0.1) is 5.92 Å². The van der Waals surface area contributed by atoms with Crippen molar-refractivity contribution in [1.29, 1.82) is 0 Å². The average Bonchev–Trinajstić information content (AvgIpc) is 2.68. The summed E-state index contributed by atoms with van der Waals surface area (Å²) < 4.78 is 5.52. The van der Waals surface area contributed by atoms with Crippen LogP contribution in [0.5, 0.6) is 0 Å². The first kappa shape index (κ1) is 19.2. The molecule has 136 valence electrons. The average molecular weight is 354 g/mol. The number of benzene rings is 2. The molecule has 2 aromatic carbocycles. The predicted molar refractivity (Wildman–Crippen MR) is 97.3 cm³/mol. The molecule has 0 bridgehead atoms. The molecule has 2 rings (SSSR count). The molecule has 0 spiro atoms. The molecule has 0 aromatic heterocycles. The van der Waals surface area contributed by atoms with Gasteiger partial charge < -0.3 is 10.1 Å². The fourth-order valence-corrected chi connectivity index (χ4v) is 2.56. The van der Waals surface area contributed by atoms with E-state index in [1.807, 2.05) is 37.3 Å². The first-order valence-electron chi connectivity index (χ1n) is 8.39. The Labute approximate surface area is 152 Å². The molecular formula is C20H22N2O4. The van der Waals surface area contributed by atoms with Crippen LogP contribution in [0.2, 0.25) is 0 Å². The highest BCUT2D eigenvalue weighted by atomic mass is 16.5. The van der Waals surface area contributed by atoms with Crippen molar-refractivity contribution in [3.05, 3.63) is 71.8 Å². The molecule has 0 aliphatic rings. The molecule has 3 amide bonds. The number of hydrogen-bond donors (Lipinski definition) is 2. The number of nitrogens with one attached hydrogen (secondary N) is 2. The lowest BCUT2D eigenvalue weighted by Crippen LogP contribution is -2.41. The lowest BCUT2D eigenvalue weighted by Gasteiger charge is -2.21. The van der Waals surface area contributed by atoms with Crippen molar-refractivity contribution in [1.82, 2.24) is 10.6 Å². The SMILES string of the molecule is CC[C@H](C(=O)O[C@@H](C(=O)NC(=O)NC)c1ccccc1)c1ccccc1. The van der Waals surface area contributed by atoms with E-state index in [1.54, 1.807) is 30.3 Å². The Bertz CT molecular complexity index is 747. The Morgan fingerprint density at radius 2 is 1.46 bits per heavy atom. The largest absolute Gasteiger partial charge is 0.447 e. The lowest BCUT2D eigenvalue weighted by molar-refractivity contribution is -0.157. The summed E-state index contributed by atoms with van der Waals surface area (Å²) in [6.07, 6.45) is -0.680. The second-order valence-corrected chi connectivity index (χ2v) is 5.67. The fraction of sp³-hybridized carbons (Fsp3) is 0.250. The highest BCUT2D eigenvalue weighted by Gasteiger charge is 2.30. The van der Waals surface area contributed by atoms with Crippen LogP contribution in [0, 0.1) is 0 Å². The van der Waals surface area contributed by atoms with Crippen LogP contribution in [-0.2, 0) is 14.3 Å². The maximum Gasteiger partial charge on any atom is 0.321 e. The number of esters is 1. The van der Waals surface area contributed by atoms with E-state index in [9.17, 15) is 14.4 Å². The van der Waals surface area contributed by atoms with Crippen LogP contribution < -0.4 is 10.6 Å². The molecule has 6 nitrogen and oxygen atoms in total. The van der Waals surface area contributed by atoms with Crippen LogP contribution in [0.25, 0.3) is 0 Å². The Morgan fingerprint density at radius 1 is 0.923 bits per heavy atom. The van der Waals surface area contributed by atoms with Gasteiger partial charge in [-0.3, -0.25) is 14.9 Å². The van der Waals surface area contributed by atoms with Crippen molar-refractivity contribution in [2.45, 2.75) is 25.4 Å². The normalized spacial score (nSPS) is 12.5. The fourth-order valence-electron chi connectivity index (χ4n) is 2.56. The number of imide groups is 1. The highest BCUT2D eigenvalue weighted by molar-refractivity contribution is 5.98. The predicted octanol–water partition coefficient (Wildman–Crippen LogP) is 2.92. The Hall–Kier alpha value is -3.15. The van der Waals surface area contributed by atoms with Gasteiger partial charge >= 0.3 is 12.0 Å². The molecule has 2 aromatic rings. The van der Waals surface area contributed by atoms with E-state index in [1.165, 1.54) is 7.05 Å². The molecule has 6 heteroatoms. The number of carbonyl (C=O) groups is 3. The van der Waals surface area contributed by atoms with Gasteiger partial charge in [-0.2, -0.15) is 0 Å². The number of ether oxygens (including phenoxy) is 1. The monoisotopic (exact) mass is 354 g/mol. The summed E-state index contributed by atoms with van der Waals surface area (Å²) in [7, 11) is 1.40. The first-order chi connectivity index (χ1) is 12.6. The minimum Gasteiger partial charge on any atom is -0.447 e. The van der Waals surface area contributed by atoms with Crippen LogP contribution in [0.4, 0.5) is 4.79 Å². The van der Waals surface area contributed by atoms with Gasteiger partial charge in [0.25, 0.3) is 5.91 Å². The number of urea groups is 1. The van der Waals surface area contributed by atoms with Gasteiger partial charge in [0, 0.05) is 12.6 Å². The molecule has 26 heavy (non-hydrogen) atoms. The molecule has 0 aliphatic heterocycles. The lowest BCUT2D eigenvalue weighted by atomic mass is 9.96. The van der Waals surface area contributed by atoms with E-state index in [0.717, 1.165) is 5.56 Å². The Balaban J connectivity index is 2.24. The maximum atomic E-state index is 12.7. The highest BCUT2D eigenvalue weighted by Crippen LogP contribution is 2.25. The van der Waals surface area contributed by atoms with Gasteiger partial charge in [-0.15, -0.1) is 0 Å². The summed E-state index contributed by atoms with van der Waals surface area (Å²) in [5.41, 5.74) is 1.31. The smallest absolute Gasteiger partial charge is 0.321 e. The van der Waals surface area contributed by atoms with Crippen LogP contribution in [-0.4, -0.2) is 25.0 Å². The van der Waals surface area contributed by atoms with Crippen LogP contribution in [0.1, 0.15) is 36.5 Å². The second kappa shape index (κ2) is 9.36. The van der Waals surface area contributed by atoms with Crippen molar-refractivity contribution in [3.63, 3.8) is 0 Å². The molecular weight excluding hydrogens is 332 g/mol. The molecule has 0 unspecified atom stereocenters. The van der Waals surface area contributed by atoms with Crippen LogP contribution >= 0.6 is 0 Å². The Kier molecular flexibility index (Phi) is 6.91. The van der Waals surface area contributed by atoms with Crippen molar-refractivity contribution in [2.75, 3.05) is 7.05 Å². The van der Waals surface area contributed by atoms with Crippen molar-refractivity contribution >= 4 is 17.9 Å². The summed E-state index contributed by atoms with van der Waals surface area (Å²) in [4.78, 5) is 36.6. The topological polar surface area (TPSA) is 84.5 Å². The zero-order valence-electron chi connectivity index (χ0n) is 14.8. The third-order valence-electron chi connectivity index (χ3n) is 3.93. The van der Waals surface area contributed by atoms with Crippen LogP contribution in [0.15, 0.2) is 60.7 Å². The first-order valence-corrected chi connectivity index (χ1v) is 8.39. The van der Waals surface area contributed by atoms with Gasteiger partial charge in [0.2, 0.25) is 6.10 Å². The molecule has 0 radical (unpaired) electrons. The molecule has 0 saturated heterocycles. The maximum absolute atomic E-state index is 12.7. The van der Waals surface area contributed by atoms with Crippen molar-refractivity contribution in [3.8, 4) is 0 Å². The molecule has 0 fully saturated rings. The summed E-state index contributed by atoms with van der Waals surface area (Å²) >= 11 is 0. The van der Waals surface area contributed by atoms with Gasteiger partial charge in [0.1, 0.15) is 0 Å².